The summed E-state index contributed by atoms with van der Waals surface area (Å²) in [6.07, 6.45) is 3.61. The molecule has 0 N–H and O–H groups in total. The Morgan fingerprint density at radius 3 is 2.07 bits per heavy atom. The molecular formula is C22H31BO3S. The predicted molar refractivity (Wildman–Crippen MR) is 112 cm³/mol. The van der Waals surface area contributed by atoms with E-state index >= 15 is 0 Å². The first kappa shape index (κ1) is 19.5. The van der Waals surface area contributed by atoms with Crippen molar-refractivity contribution in [2.45, 2.75) is 75.8 Å². The molecule has 0 aromatic heterocycles. The fourth-order valence-corrected chi connectivity index (χ4v) is 6.24. The Labute approximate surface area is 168 Å². The summed E-state index contributed by atoms with van der Waals surface area (Å²) < 4.78 is 13.2. The second-order valence-corrected chi connectivity index (χ2v) is 10.7. The molecule has 3 nitrogen and oxygen atoms in total. The van der Waals surface area contributed by atoms with Gasteiger partial charge in [0.05, 0.1) is 11.2 Å². The first-order valence-electron chi connectivity index (χ1n) is 10.3. The SMILES string of the molecule is CC1(C)OB(C(C2CCSCC2)C2(c3ccccc3)CC(=O)C2)OC1(C)C. The van der Waals surface area contributed by atoms with Crippen LogP contribution in [0, 0.1) is 5.92 Å². The molecule has 146 valence electrons. The number of benzene rings is 1. The summed E-state index contributed by atoms with van der Waals surface area (Å²) in [5.74, 6) is 3.51. The molecule has 1 aromatic rings. The minimum Gasteiger partial charge on any atom is -0.403 e. The van der Waals surface area contributed by atoms with Gasteiger partial charge in [-0.05, 0) is 63.5 Å². The van der Waals surface area contributed by atoms with Crippen LogP contribution in [0.2, 0.25) is 5.82 Å². The number of thioether (sulfide) groups is 1. The van der Waals surface area contributed by atoms with Crippen molar-refractivity contribution in [3.8, 4) is 0 Å². The van der Waals surface area contributed by atoms with E-state index in [4.69, 9.17) is 9.31 Å². The summed E-state index contributed by atoms with van der Waals surface area (Å²) in [5.41, 5.74) is 0.449. The average molecular weight is 386 g/mol. The Morgan fingerprint density at radius 1 is 1.00 bits per heavy atom. The Kier molecular flexibility index (Phi) is 5.01. The van der Waals surface area contributed by atoms with E-state index in [1.165, 1.54) is 29.9 Å². The summed E-state index contributed by atoms with van der Waals surface area (Å²) in [5, 5.41) is 0. The Balaban J connectivity index is 1.75. The highest BCUT2D eigenvalue weighted by Gasteiger charge is 2.63. The first-order chi connectivity index (χ1) is 12.8. The Bertz CT molecular complexity index is 673. The molecule has 1 aromatic carbocycles. The molecule has 2 saturated heterocycles. The van der Waals surface area contributed by atoms with Gasteiger partial charge in [-0.2, -0.15) is 11.8 Å². The minimum atomic E-state index is -0.342. The molecule has 1 aliphatic carbocycles. The normalized spacial score (nSPS) is 28.0. The monoisotopic (exact) mass is 386 g/mol. The zero-order valence-corrected chi connectivity index (χ0v) is 17.8. The van der Waals surface area contributed by atoms with Gasteiger partial charge in [0.1, 0.15) is 5.78 Å². The zero-order chi connectivity index (χ0) is 19.3. The molecule has 0 radical (unpaired) electrons. The van der Waals surface area contributed by atoms with Crippen LogP contribution in [0.25, 0.3) is 0 Å². The van der Waals surface area contributed by atoms with E-state index in [1.807, 2.05) is 11.8 Å². The number of ketones is 1. The van der Waals surface area contributed by atoms with Crippen LogP contribution in [0.3, 0.4) is 0 Å². The van der Waals surface area contributed by atoms with Gasteiger partial charge in [-0.1, -0.05) is 30.3 Å². The molecule has 2 aliphatic heterocycles. The van der Waals surface area contributed by atoms with Crippen molar-refractivity contribution < 1.29 is 14.1 Å². The molecule has 0 amide bonds. The maximum absolute atomic E-state index is 12.3. The van der Waals surface area contributed by atoms with Crippen molar-refractivity contribution >= 4 is 24.7 Å². The number of hydrogen-bond acceptors (Lipinski definition) is 4. The topological polar surface area (TPSA) is 35.5 Å². The highest BCUT2D eigenvalue weighted by Crippen LogP contribution is 2.59. The van der Waals surface area contributed by atoms with Gasteiger partial charge < -0.3 is 9.31 Å². The lowest BCUT2D eigenvalue weighted by Crippen LogP contribution is -2.53. The van der Waals surface area contributed by atoms with Gasteiger partial charge in [0.25, 0.3) is 0 Å². The lowest BCUT2D eigenvalue weighted by molar-refractivity contribution is -0.129. The first-order valence-corrected chi connectivity index (χ1v) is 11.4. The van der Waals surface area contributed by atoms with E-state index in [2.05, 4.69) is 58.0 Å². The molecule has 0 bridgehead atoms. The largest absolute Gasteiger partial charge is 0.462 e. The number of carbonyl (C=O) groups excluding carboxylic acids is 1. The van der Waals surface area contributed by atoms with E-state index in [9.17, 15) is 4.79 Å². The molecule has 2 heterocycles. The van der Waals surface area contributed by atoms with Crippen molar-refractivity contribution in [2.75, 3.05) is 11.5 Å². The van der Waals surface area contributed by atoms with Crippen LogP contribution in [0.1, 0.15) is 58.9 Å². The fraction of sp³-hybridized carbons (Fsp3) is 0.682. The third kappa shape index (κ3) is 3.30. The Morgan fingerprint density at radius 2 is 1.56 bits per heavy atom. The predicted octanol–water partition coefficient (Wildman–Crippen LogP) is 4.89. The molecule has 0 spiro atoms. The third-order valence-electron chi connectivity index (χ3n) is 7.35. The van der Waals surface area contributed by atoms with Gasteiger partial charge in [-0.25, -0.2) is 0 Å². The van der Waals surface area contributed by atoms with Gasteiger partial charge in [0.2, 0.25) is 0 Å². The summed E-state index contributed by atoms with van der Waals surface area (Å²) in [6.45, 7) is 8.51. The van der Waals surface area contributed by atoms with Crippen LogP contribution in [0.15, 0.2) is 30.3 Å². The van der Waals surface area contributed by atoms with Crippen molar-refractivity contribution in [1.82, 2.24) is 0 Å². The maximum Gasteiger partial charge on any atom is 0.462 e. The minimum absolute atomic E-state index is 0.147. The van der Waals surface area contributed by atoms with E-state index in [-0.39, 0.29) is 29.6 Å². The van der Waals surface area contributed by atoms with E-state index < -0.39 is 0 Å². The van der Waals surface area contributed by atoms with Gasteiger partial charge in [-0.15, -0.1) is 0 Å². The molecule has 1 saturated carbocycles. The van der Waals surface area contributed by atoms with Crippen LogP contribution in [0.4, 0.5) is 0 Å². The second-order valence-electron chi connectivity index (χ2n) is 9.51. The van der Waals surface area contributed by atoms with Crippen LogP contribution in [-0.4, -0.2) is 35.6 Å². The quantitative estimate of drug-likeness (QED) is 0.690. The average Bonchev–Trinajstić information content (AvgIpc) is 2.82. The van der Waals surface area contributed by atoms with Crippen LogP contribution in [-0.2, 0) is 19.5 Å². The van der Waals surface area contributed by atoms with Gasteiger partial charge in [0, 0.05) is 24.1 Å². The third-order valence-corrected chi connectivity index (χ3v) is 8.40. The number of Topliss-reactive ketones (excluding diaryl/α,β-unsaturated/α-hetero) is 1. The highest BCUT2D eigenvalue weighted by molar-refractivity contribution is 7.99. The molecule has 4 rings (SSSR count). The van der Waals surface area contributed by atoms with Crippen molar-refractivity contribution in [2.24, 2.45) is 5.92 Å². The van der Waals surface area contributed by atoms with Crippen molar-refractivity contribution in [1.29, 1.82) is 0 Å². The maximum atomic E-state index is 12.3. The lowest BCUT2D eigenvalue weighted by atomic mass is 9.43. The fourth-order valence-electron chi connectivity index (χ4n) is 5.10. The standard InChI is InChI=1S/C22H31BO3S/c1-20(2)21(3,4)26-23(25-20)19(16-10-12-27-13-11-16)22(14-18(24)15-22)17-8-6-5-7-9-17/h5-9,16,19H,10-15H2,1-4H3. The molecule has 27 heavy (non-hydrogen) atoms. The van der Waals surface area contributed by atoms with E-state index in [0.717, 1.165) is 0 Å². The molecule has 1 unspecified atom stereocenters. The zero-order valence-electron chi connectivity index (χ0n) is 17.0. The second kappa shape index (κ2) is 6.93. The van der Waals surface area contributed by atoms with Crippen molar-refractivity contribution in [3.63, 3.8) is 0 Å². The number of rotatable bonds is 4. The molecular weight excluding hydrogens is 355 g/mol. The number of hydrogen-bond donors (Lipinski definition) is 0. The summed E-state index contributed by atoms with van der Waals surface area (Å²) in [7, 11) is -0.253. The van der Waals surface area contributed by atoms with Gasteiger partial charge >= 0.3 is 7.12 Å². The van der Waals surface area contributed by atoms with Crippen LogP contribution in [0.5, 0.6) is 0 Å². The van der Waals surface area contributed by atoms with Gasteiger partial charge in [-0.3, -0.25) is 4.79 Å². The summed E-state index contributed by atoms with van der Waals surface area (Å²) >= 11 is 2.04. The highest BCUT2D eigenvalue weighted by atomic mass is 32.2. The molecule has 1 atom stereocenters. The number of carbonyl (C=O) groups is 1. The smallest absolute Gasteiger partial charge is 0.403 e. The molecule has 5 heteroatoms. The Hall–Kier alpha value is -0.775. The van der Waals surface area contributed by atoms with Crippen LogP contribution < -0.4 is 0 Å². The molecule has 3 fully saturated rings. The van der Waals surface area contributed by atoms with E-state index in [1.54, 1.807) is 0 Å². The molecule has 3 aliphatic rings. The van der Waals surface area contributed by atoms with E-state index in [0.29, 0.717) is 24.5 Å². The summed E-state index contributed by atoms with van der Waals surface area (Å²) in [4.78, 5) is 12.3. The van der Waals surface area contributed by atoms with Gasteiger partial charge in [0.15, 0.2) is 0 Å². The lowest BCUT2D eigenvalue weighted by Gasteiger charge is -2.51. The van der Waals surface area contributed by atoms with Crippen LogP contribution >= 0.6 is 11.8 Å². The van der Waals surface area contributed by atoms with Crippen molar-refractivity contribution in [3.05, 3.63) is 35.9 Å². The summed E-state index contributed by atoms with van der Waals surface area (Å²) in [6, 6.07) is 10.6.